The van der Waals surface area contributed by atoms with Crippen molar-refractivity contribution in [1.82, 2.24) is 9.97 Å². The second kappa shape index (κ2) is 7.00. The fourth-order valence-electron chi connectivity index (χ4n) is 2.97. The monoisotopic (exact) mass is 353 g/mol. The molecule has 0 saturated heterocycles. The van der Waals surface area contributed by atoms with Crippen molar-refractivity contribution in [3.05, 3.63) is 89.6 Å². The molecule has 3 aromatic carbocycles. The molecule has 0 spiro atoms. The summed E-state index contributed by atoms with van der Waals surface area (Å²) < 4.78 is 0. The Bertz CT molecular complexity index is 1140. The molecule has 0 aliphatic heterocycles. The summed E-state index contributed by atoms with van der Waals surface area (Å²) in [5.41, 5.74) is 5.13. The number of aromatic nitrogens is 2. The minimum atomic E-state index is -0.245. The van der Waals surface area contributed by atoms with E-state index in [1.54, 1.807) is 0 Å². The van der Waals surface area contributed by atoms with Gasteiger partial charge < -0.3 is 5.32 Å². The van der Waals surface area contributed by atoms with E-state index in [9.17, 15) is 4.79 Å². The lowest BCUT2D eigenvalue weighted by molar-refractivity contribution is 0.102. The summed E-state index contributed by atoms with van der Waals surface area (Å²) in [6, 6.07) is 23.1. The average molecular weight is 353 g/mol. The topological polar surface area (TPSA) is 54.9 Å². The first-order chi connectivity index (χ1) is 13.1. The normalized spacial score (nSPS) is 10.7. The van der Waals surface area contributed by atoms with Crippen LogP contribution in [0.2, 0.25) is 0 Å². The van der Waals surface area contributed by atoms with Gasteiger partial charge in [-0.1, -0.05) is 48.5 Å². The quantitative estimate of drug-likeness (QED) is 0.553. The second-order valence-electron chi connectivity index (χ2n) is 6.53. The van der Waals surface area contributed by atoms with Crippen molar-refractivity contribution < 1.29 is 4.79 Å². The number of rotatable bonds is 3. The standard InChI is InChI=1S/C23H19N3O/c1-15-12-13-17(14-16(15)2)22-25-20-11-7-6-10-19(20)21(26-22)23(27)24-18-8-4-3-5-9-18/h3-14H,1-2H3,(H,24,27). The molecule has 1 heterocycles. The molecular weight excluding hydrogens is 334 g/mol. The van der Waals surface area contributed by atoms with E-state index < -0.39 is 0 Å². The van der Waals surface area contributed by atoms with E-state index in [2.05, 4.69) is 35.2 Å². The summed E-state index contributed by atoms with van der Waals surface area (Å²) in [5, 5.41) is 3.66. The number of benzene rings is 3. The molecule has 0 saturated carbocycles. The first-order valence-corrected chi connectivity index (χ1v) is 8.82. The van der Waals surface area contributed by atoms with Crippen LogP contribution in [0.1, 0.15) is 21.6 Å². The van der Waals surface area contributed by atoms with E-state index in [0.717, 1.165) is 22.2 Å². The van der Waals surface area contributed by atoms with Gasteiger partial charge >= 0.3 is 0 Å². The number of hydrogen-bond donors (Lipinski definition) is 1. The van der Waals surface area contributed by atoms with E-state index in [1.165, 1.54) is 11.1 Å². The molecule has 4 heteroatoms. The fourth-order valence-corrected chi connectivity index (χ4v) is 2.97. The number of carbonyl (C=O) groups excluding carboxylic acids is 1. The van der Waals surface area contributed by atoms with Gasteiger partial charge in [0.25, 0.3) is 5.91 Å². The predicted octanol–water partition coefficient (Wildman–Crippen LogP) is 5.17. The van der Waals surface area contributed by atoms with E-state index in [-0.39, 0.29) is 5.91 Å². The van der Waals surface area contributed by atoms with Gasteiger partial charge in [-0.25, -0.2) is 9.97 Å². The molecule has 4 aromatic rings. The predicted molar refractivity (Wildman–Crippen MR) is 109 cm³/mol. The smallest absolute Gasteiger partial charge is 0.275 e. The van der Waals surface area contributed by atoms with Crippen molar-refractivity contribution in [2.45, 2.75) is 13.8 Å². The third kappa shape index (κ3) is 3.42. The van der Waals surface area contributed by atoms with Crippen LogP contribution in [0.25, 0.3) is 22.3 Å². The van der Waals surface area contributed by atoms with E-state index >= 15 is 0 Å². The third-order valence-corrected chi connectivity index (χ3v) is 4.62. The Kier molecular flexibility index (Phi) is 4.38. The van der Waals surface area contributed by atoms with Crippen molar-refractivity contribution in [1.29, 1.82) is 0 Å². The first-order valence-electron chi connectivity index (χ1n) is 8.82. The number of anilines is 1. The van der Waals surface area contributed by atoms with Crippen LogP contribution < -0.4 is 5.32 Å². The lowest BCUT2D eigenvalue weighted by atomic mass is 10.1. The summed E-state index contributed by atoms with van der Waals surface area (Å²) in [4.78, 5) is 22.2. The van der Waals surface area contributed by atoms with Gasteiger partial charge in [-0.2, -0.15) is 0 Å². The van der Waals surface area contributed by atoms with Gasteiger partial charge in [0.2, 0.25) is 0 Å². The minimum absolute atomic E-state index is 0.245. The number of amides is 1. The van der Waals surface area contributed by atoms with Gasteiger partial charge in [-0.05, 0) is 49.2 Å². The average Bonchev–Trinajstić information content (AvgIpc) is 2.70. The Balaban J connectivity index is 1.83. The lowest BCUT2D eigenvalue weighted by Gasteiger charge is -2.10. The molecule has 4 nitrogen and oxygen atoms in total. The van der Waals surface area contributed by atoms with Crippen LogP contribution in [-0.4, -0.2) is 15.9 Å². The first kappa shape index (κ1) is 16.9. The van der Waals surface area contributed by atoms with Crippen LogP contribution in [0.15, 0.2) is 72.8 Å². The minimum Gasteiger partial charge on any atom is -0.321 e. The molecule has 0 aliphatic rings. The van der Waals surface area contributed by atoms with Crippen molar-refractivity contribution >= 4 is 22.5 Å². The highest BCUT2D eigenvalue weighted by Crippen LogP contribution is 2.24. The van der Waals surface area contributed by atoms with Crippen molar-refractivity contribution in [3.63, 3.8) is 0 Å². The van der Waals surface area contributed by atoms with Gasteiger partial charge in [-0.15, -0.1) is 0 Å². The zero-order chi connectivity index (χ0) is 18.8. The van der Waals surface area contributed by atoms with E-state index in [0.29, 0.717) is 11.5 Å². The highest BCUT2D eigenvalue weighted by molar-refractivity contribution is 6.11. The maximum atomic E-state index is 12.9. The van der Waals surface area contributed by atoms with Crippen LogP contribution in [0.3, 0.4) is 0 Å². The van der Waals surface area contributed by atoms with Crippen LogP contribution in [0.4, 0.5) is 5.69 Å². The van der Waals surface area contributed by atoms with Crippen molar-refractivity contribution in [3.8, 4) is 11.4 Å². The van der Waals surface area contributed by atoms with Gasteiger partial charge in [-0.3, -0.25) is 4.79 Å². The zero-order valence-electron chi connectivity index (χ0n) is 15.2. The Hall–Kier alpha value is -3.53. The molecule has 0 aliphatic carbocycles. The van der Waals surface area contributed by atoms with Gasteiger partial charge in [0.05, 0.1) is 5.52 Å². The largest absolute Gasteiger partial charge is 0.321 e. The molecule has 0 fully saturated rings. The highest BCUT2D eigenvalue weighted by atomic mass is 16.1. The highest BCUT2D eigenvalue weighted by Gasteiger charge is 2.16. The molecule has 0 radical (unpaired) electrons. The van der Waals surface area contributed by atoms with Gasteiger partial charge in [0, 0.05) is 16.6 Å². The Morgan fingerprint density at radius 1 is 0.815 bits per heavy atom. The third-order valence-electron chi connectivity index (χ3n) is 4.62. The van der Waals surface area contributed by atoms with Crippen LogP contribution in [-0.2, 0) is 0 Å². The SMILES string of the molecule is Cc1ccc(-c2nc(C(=O)Nc3ccccc3)c3ccccc3n2)cc1C. The number of carbonyl (C=O) groups is 1. The lowest BCUT2D eigenvalue weighted by Crippen LogP contribution is -2.15. The zero-order valence-corrected chi connectivity index (χ0v) is 15.2. The maximum Gasteiger partial charge on any atom is 0.275 e. The van der Waals surface area contributed by atoms with E-state index in [4.69, 9.17) is 0 Å². The Morgan fingerprint density at radius 3 is 2.33 bits per heavy atom. The molecule has 27 heavy (non-hydrogen) atoms. The van der Waals surface area contributed by atoms with Crippen LogP contribution in [0, 0.1) is 13.8 Å². The molecule has 1 N–H and O–H groups in total. The van der Waals surface area contributed by atoms with Gasteiger partial charge in [0.1, 0.15) is 5.69 Å². The molecule has 0 unspecified atom stereocenters. The fraction of sp³-hybridized carbons (Fsp3) is 0.0870. The molecule has 0 atom stereocenters. The van der Waals surface area contributed by atoms with Crippen LogP contribution in [0.5, 0.6) is 0 Å². The number of aryl methyl sites for hydroxylation is 2. The van der Waals surface area contributed by atoms with Crippen molar-refractivity contribution in [2.24, 2.45) is 0 Å². The summed E-state index contributed by atoms with van der Waals surface area (Å²) in [6.45, 7) is 4.13. The summed E-state index contributed by atoms with van der Waals surface area (Å²) in [5.74, 6) is 0.305. The summed E-state index contributed by atoms with van der Waals surface area (Å²) in [7, 11) is 0. The Labute approximate surface area is 157 Å². The molecular formula is C23H19N3O. The Morgan fingerprint density at radius 2 is 1.56 bits per heavy atom. The summed E-state index contributed by atoms with van der Waals surface area (Å²) in [6.07, 6.45) is 0. The molecule has 4 rings (SSSR count). The van der Waals surface area contributed by atoms with Crippen LogP contribution >= 0.6 is 0 Å². The molecule has 1 aromatic heterocycles. The molecule has 132 valence electrons. The van der Waals surface area contributed by atoms with Crippen molar-refractivity contribution in [2.75, 3.05) is 5.32 Å². The second-order valence-corrected chi connectivity index (χ2v) is 6.53. The number of fused-ring (bicyclic) bond motifs is 1. The number of nitrogens with one attached hydrogen (secondary N) is 1. The number of para-hydroxylation sites is 2. The molecule has 1 amide bonds. The maximum absolute atomic E-state index is 12.9. The van der Waals surface area contributed by atoms with E-state index in [1.807, 2.05) is 66.7 Å². The van der Waals surface area contributed by atoms with Gasteiger partial charge in [0.15, 0.2) is 5.82 Å². The number of hydrogen-bond acceptors (Lipinski definition) is 3. The summed E-state index contributed by atoms with van der Waals surface area (Å²) >= 11 is 0. The number of nitrogens with zero attached hydrogens (tertiary/aromatic N) is 2. The molecule has 0 bridgehead atoms.